The Bertz CT molecular complexity index is 951. The third-order valence-corrected chi connectivity index (χ3v) is 7.22. The second kappa shape index (κ2) is 6.37. The zero-order valence-corrected chi connectivity index (χ0v) is 15.6. The fourth-order valence-electron chi connectivity index (χ4n) is 3.62. The molecule has 0 unspecified atom stereocenters. The first-order valence-corrected chi connectivity index (χ1v) is 10.3. The van der Waals surface area contributed by atoms with Crippen molar-refractivity contribution in [1.82, 2.24) is 4.31 Å². The van der Waals surface area contributed by atoms with E-state index < -0.39 is 15.6 Å². The van der Waals surface area contributed by atoms with Crippen LogP contribution in [-0.4, -0.2) is 37.2 Å². The van der Waals surface area contributed by atoms with Crippen molar-refractivity contribution in [1.29, 1.82) is 0 Å². The van der Waals surface area contributed by atoms with Crippen LogP contribution in [0.1, 0.15) is 29.6 Å². The first-order valence-electron chi connectivity index (χ1n) is 8.47. The number of benzene rings is 2. The van der Waals surface area contributed by atoms with Gasteiger partial charge in [0.05, 0.1) is 16.9 Å². The molecule has 2 aromatic rings. The SMILES string of the molecule is O=C1CC2(CCN(S(=O)(=O)c3ccccc3)CC2)Oc2cc(Cl)ccc21. The molecule has 0 N–H and O–H groups in total. The Kier molecular flexibility index (Phi) is 4.29. The highest BCUT2D eigenvalue weighted by Gasteiger charge is 2.45. The lowest BCUT2D eigenvalue weighted by Crippen LogP contribution is -2.52. The predicted molar refractivity (Wildman–Crippen MR) is 98.2 cm³/mol. The van der Waals surface area contributed by atoms with Gasteiger partial charge in [-0.15, -0.1) is 0 Å². The number of fused-ring (bicyclic) bond motifs is 1. The Morgan fingerprint density at radius 1 is 1.04 bits per heavy atom. The highest BCUT2D eigenvalue weighted by Crippen LogP contribution is 2.41. The van der Waals surface area contributed by atoms with Crippen molar-refractivity contribution in [3.63, 3.8) is 0 Å². The lowest BCUT2D eigenvalue weighted by atomic mass is 9.83. The number of hydrogen-bond acceptors (Lipinski definition) is 4. The van der Waals surface area contributed by atoms with Gasteiger partial charge in [0.25, 0.3) is 0 Å². The second-order valence-corrected chi connectivity index (χ2v) is 9.12. The first kappa shape index (κ1) is 17.5. The van der Waals surface area contributed by atoms with Crippen LogP contribution >= 0.6 is 11.6 Å². The fraction of sp³-hybridized carbons (Fsp3) is 0.316. The predicted octanol–water partition coefficient (Wildman–Crippen LogP) is 3.53. The fourth-order valence-corrected chi connectivity index (χ4v) is 5.25. The molecule has 0 aliphatic carbocycles. The smallest absolute Gasteiger partial charge is 0.243 e. The van der Waals surface area contributed by atoms with E-state index in [2.05, 4.69) is 0 Å². The summed E-state index contributed by atoms with van der Waals surface area (Å²) in [7, 11) is -3.53. The second-order valence-electron chi connectivity index (χ2n) is 6.74. The van der Waals surface area contributed by atoms with Crippen LogP contribution in [0.15, 0.2) is 53.4 Å². The Hall–Kier alpha value is -1.89. The molecule has 2 heterocycles. The number of sulfonamides is 1. The highest BCUT2D eigenvalue weighted by atomic mass is 35.5. The van der Waals surface area contributed by atoms with Gasteiger partial charge in [-0.1, -0.05) is 29.8 Å². The topological polar surface area (TPSA) is 63.7 Å². The maximum atomic E-state index is 12.8. The summed E-state index contributed by atoms with van der Waals surface area (Å²) in [6.45, 7) is 0.640. The summed E-state index contributed by atoms with van der Waals surface area (Å²) in [5, 5.41) is 0.512. The molecule has 0 aromatic heterocycles. The summed E-state index contributed by atoms with van der Waals surface area (Å²) in [4.78, 5) is 12.8. The van der Waals surface area contributed by atoms with Gasteiger partial charge >= 0.3 is 0 Å². The molecule has 0 radical (unpaired) electrons. The number of rotatable bonds is 2. The van der Waals surface area contributed by atoms with Crippen molar-refractivity contribution in [2.45, 2.75) is 29.8 Å². The lowest BCUT2D eigenvalue weighted by Gasteiger charge is -2.43. The van der Waals surface area contributed by atoms with Gasteiger partial charge in [-0.25, -0.2) is 8.42 Å². The molecule has 2 aliphatic rings. The number of ketones is 1. The van der Waals surface area contributed by atoms with E-state index in [-0.39, 0.29) is 17.1 Å². The normalized spacial score (nSPS) is 19.8. The van der Waals surface area contributed by atoms with Crippen LogP contribution < -0.4 is 4.74 Å². The van der Waals surface area contributed by atoms with Gasteiger partial charge in [-0.3, -0.25) is 4.79 Å². The molecule has 0 amide bonds. The quantitative estimate of drug-likeness (QED) is 0.785. The summed E-state index contributed by atoms with van der Waals surface area (Å²) in [6, 6.07) is 13.4. The maximum Gasteiger partial charge on any atom is 0.243 e. The molecule has 1 fully saturated rings. The van der Waals surface area contributed by atoms with E-state index >= 15 is 0 Å². The molecule has 5 nitrogen and oxygen atoms in total. The molecular weight excluding hydrogens is 374 g/mol. The molecule has 0 saturated carbocycles. The number of carbonyl (C=O) groups excluding carboxylic acids is 1. The highest BCUT2D eigenvalue weighted by molar-refractivity contribution is 7.89. The molecule has 0 bridgehead atoms. The van der Waals surface area contributed by atoms with Gasteiger partial charge in [0.1, 0.15) is 11.4 Å². The van der Waals surface area contributed by atoms with Crippen molar-refractivity contribution >= 4 is 27.4 Å². The van der Waals surface area contributed by atoms with Crippen molar-refractivity contribution in [3.8, 4) is 5.75 Å². The van der Waals surface area contributed by atoms with Crippen LogP contribution in [0.5, 0.6) is 5.75 Å². The summed E-state index contributed by atoms with van der Waals surface area (Å²) >= 11 is 6.02. The monoisotopic (exact) mass is 391 g/mol. The zero-order chi connectivity index (χ0) is 18.4. The van der Waals surface area contributed by atoms with Crippen LogP contribution in [0.2, 0.25) is 5.02 Å². The Morgan fingerprint density at radius 2 is 1.73 bits per heavy atom. The van der Waals surface area contributed by atoms with Gasteiger partial charge in [0.15, 0.2) is 5.78 Å². The molecule has 7 heteroatoms. The van der Waals surface area contributed by atoms with Gasteiger partial charge < -0.3 is 4.74 Å². The Balaban J connectivity index is 1.55. The average Bonchev–Trinajstić information content (AvgIpc) is 2.62. The van der Waals surface area contributed by atoms with Crippen molar-refractivity contribution in [2.75, 3.05) is 13.1 Å². The van der Waals surface area contributed by atoms with E-state index in [1.54, 1.807) is 48.5 Å². The number of nitrogens with zero attached hydrogens (tertiary/aromatic N) is 1. The largest absolute Gasteiger partial charge is 0.486 e. The summed E-state index contributed by atoms with van der Waals surface area (Å²) in [6.07, 6.45) is 1.20. The molecule has 4 rings (SSSR count). The third kappa shape index (κ3) is 3.02. The van der Waals surface area contributed by atoms with Gasteiger partial charge in [-0.2, -0.15) is 4.31 Å². The number of halogens is 1. The average molecular weight is 392 g/mol. The van der Waals surface area contributed by atoms with Crippen LogP contribution in [0.3, 0.4) is 0 Å². The van der Waals surface area contributed by atoms with E-state index in [0.717, 1.165) is 0 Å². The van der Waals surface area contributed by atoms with Crippen molar-refractivity contribution in [2.24, 2.45) is 0 Å². The number of Topliss-reactive ketones (excluding diaryl/α,β-unsaturated/α-hetero) is 1. The summed E-state index contributed by atoms with van der Waals surface area (Å²) < 4.78 is 33.2. The molecule has 136 valence electrons. The molecular formula is C19H18ClNO4S. The standard InChI is InChI=1S/C19H18ClNO4S/c20-14-6-7-16-17(22)13-19(25-18(16)12-14)8-10-21(11-9-19)26(23,24)15-4-2-1-3-5-15/h1-7,12H,8-11,13H2. The van der Waals surface area contributed by atoms with Gasteiger partial charge in [0, 0.05) is 31.0 Å². The van der Waals surface area contributed by atoms with Crippen LogP contribution in [0.4, 0.5) is 0 Å². The van der Waals surface area contributed by atoms with E-state index in [1.807, 2.05) is 0 Å². The zero-order valence-electron chi connectivity index (χ0n) is 14.0. The van der Waals surface area contributed by atoms with E-state index in [0.29, 0.717) is 42.3 Å². The summed E-state index contributed by atoms with van der Waals surface area (Å²) in [5.41, 5.74) is -0.114. The van der Waals surface area contributed by atoms with Crippen LogP contribution in [0, 0.1) is 0 Å². The van der Waals surface area contributed by atoms with Gasteiger partial charge in [-0.05, 0) is 30.3 Å². The van der Waals surface area contributed by atoms with Crippen molar-refractivity contribution < 1.29 is 17.9 Å². The number of piperidine rings is 1. The van der Waals surface area contributed by atoms with Gasteiger partial charge in [0.2, 0.25) is 10.0 Å². The Labute approximate surface area is 157 Å². The van der Waals surface area contributed by atoms with E-state index in [4.69, 9.17) is 16.3 Å². The minimum Gasteiger partial charge on any atom is -0.486 e. The van der Waals surface area contributed by atoms with Crippen LogP contribution in [-0.2, 0) is 10.0 Å². The van der Waals surface area contributed by atoms with Crippen LogP contribution in [0.25, 0.3) is 0 Å². The Morgan fingerprint density at radius 3 is 2.42 bits per heavy atom. The van der Waals surface area contributed by atoms with E-state index in [1.165, 1.54) is 4.31 Å². The molecule has 1 spiro atoms. The molecule has 0 atom stereocenters. The molecule has 26 heavy (non-hydrogen) atoms. The number of hydrogen-bond donors (Lipinski definition) is 0. The molecule has 1 saturated heterocycles. The minimum atomic E-state index is -3.53. The number of carbonyl (C=O) groups is 1. The summed E-state index contributed by atoms with van der Waals surface area (Å²) in [5.74, 6) is 0.510. The van der Waals surface area contributed by atoms with E-state index in [9.17, 15) is 13.2 Å². The molecule has 2 aliphatic heterocycles. The third-order valence-electron chi connectivity index (χ3n) is 5.07. The minimum absolute atomic E-state index is 0.0160. The van der Waals surface area contributed by atoms with Crippen molar-refractivity contribution in [3.05, 3.63) is 59.1 Å². The number of ether oxygens (including phenoxy) is 1. The molecule has 2 aromatic carbocycles. The maximum absolute atomic E-state index is 12.8. The first-order chi connectivity index (χ1) is 12.4. The lowest BCUT2D eigenvalue weighted by molar-refractivity contribution is 0.00592.